The molecule has 0 saturated heterocycles. The number of amides is 1. The molecule has 3 heterocycles. The average molecular weight is 488 g/mol. The topological polar surface area (TPSA) is 129 Å². The largest absolute Gasteiger partial charge is 0.494 e. The number of rotatable bonds is 4. The first-order valence-corrected chi connectivity index (χ1v) is 11.6. The van der Waals surface area contributed by atoms with Gasteiger partial charge in [0.25, 0.3) is 11.5 Å². The summed E-state index contributed by atoms with van der Waals surface area (Å²) in [5.74, 6) is -2.64. The van der Waals surface area contributed by atoms with Crippen LogP contribution in [0.25, 0.3) is 10.8 Å². The standard InChI is InChI=1S/C26H21FN4O5/c27-20-8-5-13(10-21-15-3-1-2-4-16(15)22(32)29-28-21)9-17(20)24(34)30-11-18-19(12-30)26(36)31(25(18)35)23(33)14-6-7-14/h1-5,8-9,14,35-36H,6-7,10-12H2,(H,29,32). The lowest BCUT2D eigenvalue weighted by molar-refractivity contribution is 0.0744. The third-order valence-corrected chi connectivity index (χ3v) is 6.87. The molecule has 0 atom stereocenters. The molecule has 1 saturated carbocycles. The van der Waals surface area contributed by atoms with Crippen molar-refractivity contribution < 1.29 is 24.2 Å². The molecule has 2 aromatic carbocycles. The number of nitrogens with zero attached hydrogens (tertiary/aromatic N) is 3. The highest BCUT2D eigenvalue weighted by Gasteiger charge is 2.39. The number of aromatic amines is 1. The summed E-state index contributed by atoms with van der Waals surface area (Å²) < 4.78 is 15.6. The number of hydrogen-bond acceptors (Lipinski definition) is 6. The minimum atomic E-state index is -0.706. The van der Waals surface area contributed by atoms with E-state index < -0.39 is 11.7 Å². The molecule has 0 unspecified atom stereocenters. The summed E-state index contributed by atoms with van der Waals surface area (Å²) in [6.07, 6.45) is 1.68. The molecule has 10 heteroatoms. The van der Waals surface area contributed by atoms with Crippen LogP contribution >= 0.6 is 0 Å². The Balaban J connectivity index is 1.27. The number of hydrogen-bond donors (Lipinski definition) is 3. The van der Waals surface area contributed by atoms with Crippen molar-refractivity contribution >= 4 is 22.6 Å². The summed E-state index contributed by atoms with van der Waals surface area (Å²) in [4.78, 5) is 39.0. The van der Waals surface area contributed by atoms with Crippen LogP contribution in [0.15, 0.2) is 47.3 Å². The van der Waals surface area contributed by atoms with Crippen molar-refractivity contribution in [3.63, 3.8) is 0 Å². The highest BCUT2D eigenvalue weighted by atomic mass is 19.1. The van der Waals surface area contributed by atoms with E-state index in [-0.39, 0.29) is 65.3 Å². The van der Waals surface area contributed by atoms with Crippen LogP contribution in [0.5, 0.6) is 11.8 Å². The molecule has 0 spiro atoms. The first-order valence-electron chi connectivity index (χ1n) is 11.6. The lowest BCUT2D eigenvalue weighted by Crippen LogP contribution is -2.27. The minimum absolute atomic E-state index is 0.0612. The molecule has 2 aliphatic rings. The molecule has 9 nitrogen and oxygen atoms in total. The van der Waals surface area contributed by atoms with Crippen molar-refractivity contribution in [1.82, 2.24) is 19.7 Å². The van der Waals surface area contributed by atoms with E-state index in [0.29, 0.717) is 34.9 Å². The van der Waals surface area contributed by atoms with Gasteiger partial charge in [0, 0.05) is 28.9 Å². The first kappa shape index (κ1) is 22.0. The van der Waals surface area contributed by atoms with E-state index in [1.54, 1.807) is 30.3 Å². The predicted molar refractivity (Wildman–Crippen MR) is 126 cm³/mol. The smallest absolute Gasteiger partial charge is 0.272 e. The van der Waals surface area contributed by atoms with E-state index in [9.17, 15) is 29.0 Å². The number of aromatic nitrogens is 3. The van der Waals surface area contributed by atoms with Gasteiger partial charge in [0.15, 0.2) is 0 Å². The Labute approximate surface area is 203 Å². The van der Waals surface area contributed by atoms with Gasteiger partial charge in [0.1, 0.15) is 5.82 Å². The van der Waals surface area contributed by atoms with Gasteiger partial charge in [-0.1, -0.05) is 24.3 Å². The number of halogens is 1. The second-order valence-corrected chi connectivity index (χ2v) is 9.25. The van der Waals surface area contributed by atoms with Crippen molar-refractivity contribution in [2.24, 2.45) is 5.92 Å². The molecule has 6 rings (SSSR count). The van der Waals surface area contributed by atoms with Gasteiger partial charge in [-0.05, 0) is 36.6 Å². The van der Waals surface area contributed by atoms with Crippen molar-refractivity contribution in [2.45, 2.75) is 32.4 Å². The zero-order valence-corrected chi connectivity index (χ0v) is 19.0. The lowest BCUT2D eigenvalue weighted by Gasteiger charge is -2.18. The van der Waals surface area contributed by atoms with Gasteiger partial charge in [-0.3, -0.25) is 14.4 Å². The third kappa shape index (κ3) is 3.44. The van der Waals surface area contributed by atoms with Crippen LogP contribution in [-0.2, 0) is 19.5 Å². The van der Waals surface area contributed by atoms with Crippen LogP contribution in [0.4, 0.5) is 4.39 Å². The lowest BCUT2D eigenvalue weighted by atomic mass is 10.0. The van der Waals surface area contributed by atoms with Gasteiger partial charge in [-0.25, -0.2) is 14.1 Å². The molecule has 1 amide bonds. The summed E-state index contributed by atoms with van der Waals surface area (Å²) in [7, 11) is 0. The number of fused-ring (bicyclic) bond motifs is 2. The predicted octanol–water partition coefficient (Wildman–Crippen LogP) is 3.07. The Morgan fingerprint density at radius 2 is 1.69 bits per heavy atom. The van der Waals surface area contributed by atoms with Gasteiger partial charge in [-0.2, -0.15) is 5.10 Å². The van der Waals surface area contributed by atoms with Gasteiger partial charge in [0.2, 0.25) is 17.7 Å². The maximum atomic E-state index is 14.7. The van der Waals surface area contributed by atoms with Crippen LogP contribution in [0.2, 0.25) is 0 Å². The molecule has 36 heavy (non-hydrogen) atoms. The maximum absolute atomic E-state index is 14.7. The Hall–Kier alpha value is -4.47. The maximum Gasteiger partial charge on any atom is 0.272 e. The Morgan fingerprint density at radius 1 is 1.03 bits per heavy atom. The normalized spacial score (nSPS) is 14.9. The molecule has 0 radical (unpaired) electrons. The second kappa shape index (κ2) is 8.04. The number of carbonyl (C=O) groups is 2. The van der Waals surface area contributed by atoms with Crippen molar-refractivity contribution in [2.75, 3.05) is 0 Å². The Kier molecular flexibility index (Phi) is 4.92. The van der Waals surface area contributed by atoms with E-state index in [2.05, 4.69) is 10.2 Å². The monoisotopic (exact) mass is 488 g/mol. The van der Waals surface area contributed by atoms with Gasteiger partial charge in [-0.15, -0.1) is 0 Å². The fourth-order valence-corrected chi connectivity index (χ4v) is 4.79. The first-order chi connectivity index (χ1) is 17.3. The number of benzene rings is 2. The molecule has 3 N–H and O–H groups in total. The van der Waals surface area contributed by atoms with Crippen LogP contribution in [-0.4, -0.2) is 41.7 Å². The summed E-state index contributed by atoms with van der Waals surface area (Å²) in [5.41, 5.74) is 1.31. The minimum Gasteiger partial charge on any atom is -0.494 e. The van der Waals surface area contributed by atoms with Crippen LogP contribution < -0.4 is 5.56 Å². The molecular formula is C26H21FN4O5. The van der Waals surface area contributed by atoms with Crippen molar-refractivity contribution in [3.05, 3.63) is 86.6 Å². The van der Waals surface area contributed by atoms with Crippen molar-refractivity contribution in [3.8, 4) is 11.8 Å². The van der Waals surface area contributed by atoms with Crippen molar-refractivity contribution in [1.29, 1.82) is 0 Å². The zero-order chi connectivity index (χ0) is 25.1. The summed E-state index contributed by atoms with van der Waals surface area (Å²) >= 11 is 0. The van der Waals surface area contributed by atoms with E-state index in [1.807, 2.05) is 0 Å². The molecule has 1 aliphatic heterocycles. The second-order valence-electron chi connectivity index (χ2n) is 9.25. The van der Waals surface area contributed by atoms with E-state index in [4.69, 9.17) is 0 Å². The van der Waals surface area contributed by atoms with Crippen LogP contribution in [0.1, 0.15) is 50.4 Å². The SMILES string of the molecule is O=C(c1cc(Cc2n[nH]c(=O)c3ccccc23)ccc1F)N1Cc2c(c(O)n(C(=O)C3CC3)c2O)C1. The van der Waals surface area contributed by atoms with Gasteiger partial charge in [0.05, 0.1) is 29.7 Å². The molecule has 1 fully saturated rings. The third-order valence-electron chi connectivity index (χ3n) is 6.87. The number of H-pyrrole nitrogens is 1. The fourth-order valence-electron chi connectivity index (χ4n) is 4.79. The molecule has 0 bridgehead atoms. The Bertz CT molecular complexity index is 1610. The van der Waals surface area contributed by atoms with E-state index >= 15 is 0 Å². The summed E-state index contributed by atoms with van der Waals surface area (Å²) in [5, 5.41) is 28.9. The molecule has 182 valence electrons. The molecule has 1 aliphatic carbocycles. The molecular weight excluding hydrogens is 467 g/mol. The zero-order valence-electron chi connectivity index (χ0n) is 19.0. The van der Waals surface area contributed by atoms with E-state index in [1.165, 1.54) is 17.0 Å². The quantitative estimate of drug-likeness (QED) is 0.405. The molecule has 2 aromatic heterocycles. The Morgan fingerprint density at radius 3 is 2.36 bits per heavy atom. The summed E-state index contributed by atoms with van der Waals surface area (Å²) in [6.45, 7) is -0.122. The summed E-state index contributed by atoms with van der Waals surface area (Å²) in [6, 6.07) is 11.2. The van der Waals surface area contributed by atoms with Crippen LogP contribution in [0, 0.1) is 11.7 Å². The number of aromatic hydroxyl groups is 2. The highest BCUT2D eigenvalue weighted by molar-refractivity contribution is 5.95. The highest BCUT2D eigenvalue weighted by Crippen LogP contribution is 2.43. The number of nitrogens with one attached hydrogen (secondary N) is 1. The van der Waals surface area contributed by atoms with Gasteiger partial charge < -0.3 is 15.1 Å². The van der Waals surface area contributed by atoms with Gasteiger partial charge >= 0.3 is 0 Å². The van der Waals surface area contributed by atoms with Crippen LogP contribution in [0.3, 0.4) is 0 Å². The average Bonchev–Trinajstić information content (AvgIpc) is 3.59. The van der Waals surface area contributed by atoms with E-state index in [0.717, 1.165) is 4.57 Å². The fraction of sp³-hybridized carbons (Fsp3) is 0.231. The molecule has 4 aromatic rings. The number of carbonyl (C=O) groups excluding carboxylic acids is 2.